The number of anilines is 1. The van der Waals surface area contributed by atoms with Crippen LogP contribution in [0.4, 0.5) is 5.69 Å². The summed E-state index contributed by atoms with van der Waals surface area (Å²) in [6.07, 6.45) is 4.41. The number of Topliss-reactive ketones (excluding diaryl/α,β-unsaturated/α-hetero) is 1. The third-order valence-electron chi connectivity index (χ3n) is 7.06. The van der Waals surface area contributed by atoms with Crippen LogP contribution in [0.2, 0.25) is 0 Å². The van der Waals surface area contributed by atoms with Gasteiger partial charge in [0.15, 0.2) is 5.78 Å². The van der Waals surface area contributed by atoms with Gasteiger partial charge in [-0.15, -0.1) is 0 Å². The number of ether oxygens (including phenoxy) is 2. The molecule has 2 heterocycles. The number of methoxy groups -OCH3 is 1. The molecule has 1 aliphatic carbocycles. The van der Waals surface area contributed by atoms with E-state index in [2.05, 4.69) is 24.9 Å². The lowest BCUT2D eigenvalue weighted by atomic mass is 9.68. The topological polar surface area (TPSA) is 101 Å². The first kappa shape index (κ1) is 25.1. The minimum absolute atomic E-state index is 0.0216. The number of carbonyl (C=O) groups excluding carboxylic acids is 1. The molecule has 0 amide bonds. The van der Waals surface area contributed by atoms with Crippen molar-refractivity contribution in [2.45, 2.75) is 39.2 Å². The standard InChI is InChI=1S/C31H30N4O3/c1-31(2)15-25-29(26(36)16-31)28(24(17-32)30(33)35(25)22-8-7-13-34-18-22)20-11-12-27(37-3)21(14-20)19-38-23-9-5-4-6-10-23/h4-14,18,28H,15-16,19,33H2,1-3H3/t28-/m0/s1. The van der Waals surface area contributed by atoms with E-state index >= 15 is 0 Å². The Balaban J connectivity index is 1.64. The Hall–Kier alpha value is -4.57. The van der Waals surface area contributed by atoms with E-state index in [9.17, 15) is 10.1 Å². The van der Waals surface area contributed by atoms with E-state index in [0.717, 1.165) is 28.3 Å². The van der Waals surface area contributed by atoms with Crippen LogP contribution in [0, 0.1) is 16.7 Å². The summed E-state index contributed by atoms with van der Waals surface area (Å²) < 4.78 is 11.6. The fourth-order valence-corrected chi connectivity index (χ4v) is 5.39. The first-order chi connectivity index (χ1) is 18.3. The lowest BCUT2D eigenvalue weighted by molar-refractivity contribution is -0.118. The van der Waals surface area contributed by atoms with Crippen LogP contribution in [0.1, 0.15) is 43.7 Å². The maximum Gasteiger partial charge on any atom is 0.162 e. The van der Waals surface area contributed by atoms with Crippen molar-refractivity contribution in [2.24, 2.45) is 11.1 Å². The highest BCUT2D eigenvalue weighted by atomic mass is 16.5. The quantitative estimate of drug-likeness (QED) is 0.464. The minimum atomic E-state index is -0.590. The molecule has 192 valence electrons. The van der Waals surface area contributed by atoms with Crippen LogP contribution in [-0.2, 0) is 11.4 Å². The molecule has 1 aliphatic heterocycles. The van der Waals surface area contributed by atoms with Crippen molar-refractivity contribution in [1.29, 1.82) is 5.26 Å². The molecule has 3 aromatic rings. The monoisotopic (exact) mass is 506 g/mol. The smallest absolute Gasteiger partial charge is 0.162 e. The van der Waals surface area contributed by atoms with Gasteiger partial charge in [0.1, 0.15) is 23.9 Å². The first-order valence-electron chi connectivity index (χ1n) is 12.5. The van der Waals surface area contributed by atoms with Crippen LogP contribution < -0.4 is 20.1 Å². The Morgan fingerprint density at radius 1 is 1.13 bits per heavy atom. The maximum atomic E-state index is 13.8. The van der Waals surface area contributed by atoms with Crippen LogP contribution in [0.3, 0.4) is 0 Å². The zero-order chi connectivity index (χ0) is 26.9. The van der Waals surface area contributed by atoms with Crippen molar-refractivity contribution in [3.63, 3.8) is 0 Å². The molecule has 5 rings (SSSR count). The molecule has 0 bridgehead atoms. The largest absolute Gasteiger partial charge is 0.496 e. The Morgan fingerprint density at radius 3 is 2.61 bits per heavy atom. The Bertz CT molecular complexity index is 1470. The average molecular weight is 507 g/mol. The molecule has 7 nitrogen and oxygen atoms in total. The zero-order valence-corrected chi connectivity index (χ0v) is 21.8. The Morgan fingerprint density at radius 2 is 1.92 bits per heavy atom. The van der Waals surface area contributed by atoms with Crippen LogP contribution in [0.25, 0.3) is 0 Å². The number of allylic oxidation sites excluding steroid dienone is 3. The number of benzene rings is 2. The summed E-state index contributed by atoms with van der Waals surface area (Å²) in [7, 11) is 1.61. The summed E-state index contributed by atoms with van der Waals surface area (Å²) in [5, 5.41) is 10.3. The molecule has 1 atom stereocenters. The molecule has 0 saturated carbocycles. The van der Waals surface area contributed by atoms with Gasteiger partial charge in [0.25, 0.3) is 0 Å². The zero-order valence-electron chi connectivity index (χ0n) is 21.8. The Labute approximate surface area is 222 Å². The lowest BCUT2D eigenvalue weighted by Gasteiger charge is -2.43. The highest BCUT2D eigenvalue weighted by molar-refractivity contribution is 6.01. The van der Waals surface area contributed by atoms with E-state index < -0.39 is 5.92 Å². The average Bonchev–Trinajstić information content (AvgIpc) is 2.91. The molecule has 0 saturated heterocycles. The second-order valence-electron chi connectivity index (χ2n) is 10.4. The van der Waals surface area contributed by atoms with Gasteiger partial charge >= 0.3 is 0 Å². The molecular formula is C31H30N4O3. The molecule has 2 N–H and O–H groups in total. The molecule has 2 aromatic carbocycles. The van der Waals surface area contributed by atoms with Crippen LogP contribution >= 0.6 is 0 Å². The van der Waals surface area contributed by atoms with E-state index in [1.54, 1.807) is 19.5 Å². The van der Waals surface area contributed by atoms with Gasteiger partial charge in [-0.2, -0.15) is 5.26 Å². The van der Waals surface area contributed by atoms with Crippen molar-refractivity contribution in [2.75, 3.05) is 12.0 Å². The number of nitrogens with zero attached hydrogens (tertiary/aromatic N) is 3. The van der Waals surface area contributed by atoms with Gasteiger partial charge in [0, 0.05) is 29.5 Å². The molecule has 1 aromatic heterocycles. The third-order valence-corrected chi connectivity index (χ3v) is 7.06. The molecule has 7 heteroatoms. The molecule has 0 fully saturated rings. The molecule has 38 heavy (non-hydrogen) atoms. The number of para-hydroxylation sites is 1. The van der Waals surface area contributed by atoms with Crippen molar-refractivity contribution in [3.05, 3.63) is 107 Å². The van der Waals surface area contributed by atoms with Gasteiger partial charge in [-0.05, 0) is 53.8 Å². The van der Waals surface area contributed by atoms with Gasteiger partial charge < -0.3 is 15.2 Å². The molecular weight excluding hydrogens is 476 g/mol. The fourth-order valence-electron chi connectivity index (χ4n) is 5.39. The summed E-state index contributed by atoms with van der Waals surface area (Å²) in [4.78, 5) is 19.9. The van der Waals surface area contributed by atoms with Crippen molar-refractivity contribution < 1.29 is 14.3 Å². The van der Waals surface area contributed by atoms with Crippen molar-refractivity contribution >= 4 is 11.5 Å². The maximum absolute atomic E-state index is 13.8. The van der Waals surface area contributed by atoms with Gasteiger partial charge in [0.05, 0.1) is 36.6 Å². The second kappa shape index (κ2) is 10.1. The van der Waals surface area contributed by atoms with Gasteiger partial charge in [-0.1, -0.05) is 38.1 Å². The number of hydrogen-bond acceptors (Lipinski definition) is 7. The van der Waals surface area contributed by atoms with E-state index in [0.29, 0.717) is 35.6 Å². The van der Waals surface area contributed by atoms with Crippen LogP contribution in [-0.4, -0.2) is 17.9 Å². The summed E-state index contributed by atoms with van der Waals surface area (Å²) in [5.41, 5.74) is 10.6. The molecule has 0 radical (unpaired) electrons. The van der Waals surface area contributed by atoms with Crippen LogP contribution in [0.15, 0.2) is 95.7 Å². The second-order valence-corrected chi connectivity index (χ2v) is 10.4. The number of carbonyl (C=O) groups is 1. The number of aromatic nitrogens is 1. The predicted octanol–water partition coefficient (Wildman–Crippen LogP) is 5.61. The van der Waals surface area contributed by atoms with Gasteiger partial charge in [-0.3, -0.25) is 14.7 Å². The normalized spacial score (nSPS) is 18.6. The highest BCUT2D eigenvalue weighted by Gasteiger charge is 2.44. The lowest BCUT2D eigenvalue weighted by Crippen LogP contribution is -2.42. The number of ketones is 1. The number of nitriles is 1. The van der Waals surface area contributed by atoms with Crippen LogP contribution in [0.5, 0.6) is 11.5 Å². The number of pyridine rings is 1. The number of rotatable bonds is 6. The summed E-state index contributed by atoms with van der Waals surface area (Å²) >= 11 is 0. The SMILES string of the molecule is COc1ccc([C@H]2C(C#N)=C(N)N(c3cccnc3)C3=C2C(=O)CC(C)(C)C3)cc1COc1ccccc1. The Kier molecular flexibility index (Phi) is 6.64. The summed E-state index contributed by atoms with van der Waals surface area (Å²) in [5.74, 6) is 1.15. The summed E-state index contributed by atoms with van der Waals surface area (Å²) in [6.45, 7) is 4.43. The van der Waals surface area contributed by atoms with Crippen molar-refractivity contribution in [1.82, 2.24) is 4.98 Å². The predicted molar refractivity (Wildman–Crippen MR) is 145 cm³/mol. The minimum Gasteiger partial charge on any atom is -0.496 e. The molecule has 0 spiro atoms. The van der Waals surface area contributed by atoms with E-state index in [1.165, 1.54) is 0 Å². The molecule has 0 unspecified atom stereocenters. The van der Waals surface area contributed by atoms with Gasteiger partial charge in [0.2, 0.25) is 0 Å². The van der Waals surface area contributed by atoms with E-state index in [1.807, 2.05) is 65.6 Å². The number of hydrogen-bond donors (Lipinski definition) is 1. The highest BCUT2D eigenvalue weighted by Crippen LogP contribution is 2.50. The van der Waals surface area contributed by atoms with Gasteiger partial charge in [-0.25, -0.2) is 0 Å². The summed E-state index contributed by atoms with van der Waals surface area (Å²) in [6, 6.07) is 21.3. The first-order valence-corrected chi connectivity index (χ1v) is 12.5. The van der Waals surface area contributed by atoms with E-state index in [4.69, 9.17) is 15.2 Å². The third kappa shape index (κ3) is 4.61. The molecule has 2 aliphatic rings. The van der Waals surface area contributed by atoms with E-state index in [-0.39, 0.29) is 17.8 Å². The fraction of sp³-hybridized carbons (Fsp3) is 0.258. The number of nitrogens with two attached hydrogens (primary N) is 1. The van der Waals surface area contributed by atoms with Crippen molar-refractivity contribution in [3.8, 4) is 17.6 Å².